The number of hydrogen-bond donors (Lipinski definition) is 1. The molecule has 0 aliphatic carbocycles. The molecule has 1 fully saturated rings. The van der Waals surface area contributed by atoms with E-state index in [1.165, 1.54) is 19.3 Å². The molecular weight excluding hydrogens is 354 g/mol. The van der Waals surface area contributed by atoms with Crippen molar-refractivity contribution < 1.29 is 9.90 Å². The number of rotatable bonds is 4. The van der Waals surface area contributed by atoms with Gasteiger partial charge >= 0.3 is 5.97 Å². The lowest BCUT2D eigenvalue weighted by Crippen LogP contribution is -2.29. The van der Waals surface area contributed by atoms with E-state index in [-0.39, 0.29) is 5.69 Å². The molecule has 0 amide bonds. The third-order valence-corrected chi connectivity index (χ3v) is 4.96. The molecule has 0 bridgehead atoms. The van der Waals surface area contributed by atoms with E-state index >= 15 is 0 Å². The Bertz CT molecular complexity index is 646. The number of halogens is 1. The number of hydrogen-bond acceptors (Lipinski definition) is 4. The summed E-state index contributed by atoms with van der Waals surface area (Å²) in [6.45, 7) is 2.63. The first kappa shape index (κ1) is 14.6. The Balaban J connectivity index is 1.76. The van der Waals surface area contributed by atoms with Crippen LogP contribution in [0.5, 0.6) is 0 Å². The zero-order valence-electron chi connectivity index (χ0n) is 11.5. The number of thiazole rings is 1. The maximum Gasteiger partial charge on any atom is 0.352 e. The van der Waals surface area contributed by atoms with Gasteiger partial charge in [-0.3, -0.25) is 0 Å². The van der Waals surface area contributed by atoms with Gasteiger partial charge < -0.3 is 14.6 Å². The number of aromatic carboxylic acids is 1. The molecule has 0 unspecified atom stereocenters. The van der Waals surface area contributed by atoms with E-state index in [0.717, 1.165) is 28.4 Å². The third kappa shape index (κ3) is 3.29. The van der Waals surface area contributed by atoms with E-state index in [9.17, 15) is 9.90 Å². The van der Waals surface area contributed by atoms with E-state index in [2.05, 4.69) is 25.8 Å². The summed E-state index contributed by atoms with van der Waals surface area (Å²) in [4.78, 5) is 18.2. The van der Waals surface area contributed by atoms with Gasteiger partial charge in [-0.1, -0.05) is 0 Å². The lowest BCUT2D eigenvalue weighted by molar-refractivity contribution is 0.0685. The van der Waals surface area contributed by atoms with Gasteiger partial charge in [0.15, 0.2) is 5.13 Å². The van der Waals surface area contributed by atoms with Crippen molar-refractivity contribution in [1.82, 2.24) is 9.55 Å². The van der Waals surface area contributed by atoms with Gasteiger partial charge in [0.2, 0.25) is 0 Å². The van der Waals surface area contributed by atoms with Crippen molar-refractivity contribution in [3.8, 4) is 0 Å². The first-order chi connectivity index (χ1) is 10.1. The summed E-state index contributed by atoms with van der Waals surface area (Å²) in [5, 5.41) is 12.3. The van der Waals surface area contributed by atoms with Crippen molar-refractivity contribution in [3.05, 3.63) is 33.5 Å². The normalized spacial score (nSPS) is 15.4. The van der Waals surface area contributed by atoms with Crippen molar-refractivity contribution in [2.75, 3.05) is 18.0 Å². The fraction of sp³-hybridized carbons (Fsp3) is 0.429. The molecule has 0 aromatic carbocycles. The molecule has 7 heteroatoms. The third-order valence-electron chi connectivity index (χ3n) is 3.58. The van der Waals surface area contributed by atoms with E-state index in [0.29, 0.717) is 6.54 Å². The molecule has 1 N–H and O–H groups in total. The van der Waals surface area contributed by atoms with Gasteiger partial charge in [0.1, 0.15) is 5.69 Å². The minimum atomic E-state index is -0.924. The van der Waals surface area contributed by atoms with Gasteiger partial charge in [-0.2, -0.15) is 0 Å². The van der Waals surface area contributed by atoms with Gasteiger partial charge in [0, 0.05) is 29.1 Å². The average Bonchev–Trinajstić information content (AvgIpc) is 3.07. The second-order valence-corrected chi connectivity index (χ2v) is 6.90. The van der Waals surface area contributed by atoms with E-state index < -0.39 is 5.97 Å². The zero-order valence-corrected chi connectivity index (χ0v) is 13.9. The Labute approximate surface area is 135 Å². The predicted molar refractivity (Wildman–Crippen MR) is 86.4 cm³/mol. The Kier molecular flexibility index (Phi) is 4.30. The van der Waals surface area contributed by atoms with Crippen LogP contribution in [0.2, 0.25) is 0 Å². The minimum absolute atomic E-state index is 0.273. The summed E-state index contributed by atoms with van der Waals surface area (Å²) in [6.07, 6.45) is 5.53. The molecule has 5 nitrogen and oxygen atoms in total. The summed E-state index contributed by atoms with van der Waals surface area (Å²) in [6, 6.07) is 1.61. The molecule has 21 heavy (non-hydrogen) atoms. The van der Waals surface area contributed by atoms with Crippen LogP contribution in [0.25, 0.3) is 0 Å². The van der Waals surface area contributed by atoms with Gasteiger partial charge in [-0.25, -0.2) is 9.78 Å². The number of carboxylic acids is 1. The molecule has 0 spiro atoms. The molecule has 0 radical (unpaired) electrons. The quantitative estimate of drug-likeness (QED) is 0.896. The Morgan fingerprint density at radius 2 is 2.14 bits per heavy atom. The molecule has 3 rings (SSSR count). The molecule has 2 aromatic rings. The highest BCUT2D eigenvalue weighted by molar-refractivity contribution is 9.10. The fourth-order valence-corrected chi connectivity index (χ4v) is 3.89. The molecule has 0 saturated carbocycles. The lowest BCUT2D eigenvalue weighted by Gasteiger charge is -2.25. The highest BCUT2D eigenvalue weighted by atomic mass is 79.9. The summed E-state index contributed by atoms with van der Waals surface area (Å²) in [5.41, 5.74) is 1.18. The topological polar surface area (TPSA) is 58.4 Å². The zero-order chi connectivity index (χ0) is 14.8. The summed E-state index contributed by atoms with van der Waals surface area (Å²) < 4.78 is 2.48. The van der Waals surface area contributed by atoms with Crippen LogP contribution in [0, 0.1) is 0 Å². The molecule has 1 saturated heterocycles. The van der Waals surface area contributed by atoms with Crippen LogP contribution >= 0.6 is 27.3 Å². The number of carbonyl (C=O) groups is 1. The smallest absolute Gasteiger partial charge is 0.352 e. The van der Waals surface area contributed by atoms with Crippen LogP contribution in [0.15, 0.2) is 22.1 Å². The van der Waals surface area contributed by atoms with Gasteiger partial charge in [-0.15, -0.1) is 11.3 Å². The maximum atomic E-state index is 11.2. The van der Waals surface area contributed by atoms with E-state index in [1.807, 2.05) is 5.38 Å². The summed E-state index contributed by atoms with van der Waals surface area (Å²) >= 11 is 4.96. The lowest BCUT2D eigenvalue weighted by atomic mass is 10.1. The maximum absolute atomic E-state index is 11.2. The summed E-state index contributed by atoms with van der Waals surface area (Å²) in [5.74, 6) is -0.924. The highest BCUT2D eigenvalue weighted by Crippen LogP contribution is 2.25. The van der Waals surface area contributed by atoms with Crippen LogP contribution in [-0.4, -0.2) is 33.7 Å². The molecule has 112 valence electrons. The van der Waals surface area contributed by atoms with Crippen LogP contribution in [0.1, 0.15) is 35.4 Å². The van der Waals surface area contributed by atoms with Crippen molar-refractivity contribution in [1.29, 1.82) is 0 Å². The SMILES string of the molecule is O=C(O)c1cc(Br)cn1Cc1csc(N2CCCCC2)n1. The van der Waals surface area contributed by atoms with Crippen molar-refractivity contribution in [2.45, 2.75) is 25.8 Å². The van der Waals surface area contributed by atoms with E-state index in [1.54, 1.807) is 28.2 Å². The fourth-order valence-electron chi connectivity index (χ4n) is 2.56. The Morgan fingerprint density at radius 1 is 1.38 bits per heavy atom. The second-order valence-electron chi connectivity index (χ2n) is 5.15. The largest absolute Gasteiger partial charge is 0.477 e. The molecule has 1 aliphatic rings. The first-order valence-electron chi connectivity index (χ1n) is 6.92. The molecule has 3 heterocycles. The average molecular weight is 370 g/mol. The molecule has 2 aromatic heterocycles. The predicted octanol–water partition coefficient (Wildman–Crippen LogP) is 3.44. The van der Waals surface area contributed by atoms with Gasteiger partial charge in [-0.05, 0) is 41.3 Å². The van der Waals surface area contributed by atoms with Crippen molar-refractivity contribution in [2.24, 2.45) is 0 Å². The summed E-state index contributed by atoms with van der Waals surface area (Å²) in [7, 11) is 0. The van der Waals surface area contributed by atoms with Gasteiger partial charge in [0.25, 0.3) is 0 Å². The highest BCUT2D eigenvalue weighted by Gasteiger charge is 2.16. The number of nitrogens with zero attached hydrogens (tertiary/aromatic N) is 3. The number of carboxylic acid groups (broad SMARTS) is 1. The van der Waals surface area contributed by atoms with Crippen LogP contribution < -0.4 is 4.90 Å². The number of aromatic nitrogens is 2. The van der Waals surface area contributed by atoms with Crippen LogP contribution in [-0.2, 0) is 6.54 Å². The van der Waals surface area contributed by atoms with Gasteiger partial charge in [0.05, 0.1) is 12.2 Å². The number of piperidine rings is 1. The molecule has 0 atom stereocenters. The monoisotopic (exact) mass is 369 g/mol. The van der Waals surface area contributed by atoms with Crippen LogP contribution in [0.3, 0.4) is 0 Å². The number of anilines is 1. The molecule has 1 aliphatic heterocycles. The Hall–Kier alpha value is -1.34. The Morgan fingerprint density at radius 3 is 2.86 bits per heavy atom. The minimum Gasteiger partial charge on any atom is -0.477 e. The van der Waals surface area contributed by atoms with Crippen LogP contribution in [0.4, 0.5) is 5.13 Å². The first-order valence-corrected chi connectivity index (χ1v) is 8.59. The van der Waals surface area contributed by atoms with Crippen molar-refractivity contribution >= 4 is 38.4 Å². The van der Waals surface area contributed by atoms with E-state index in [4.69, 9.17) is 0 Å². The molecular formula is C14H16BrN3O2S. The standard InChI is InChI=1S/C14H16BrN3O2S/c15-10-6-12(13(19)20)18(7-10)8-11-9-21-14(16-11)17-4-2-1-3-5-17/h6-7,9H,1-5,8H2,(H,19,20). The van der Waals surface area contributed by atoms with Crippen molar-refractivity contribution in [3.63, 3.8) is 0 Å². The second kappa shape index (κ2) is 6.19.